The van der Waals surface area contributed by atoms with Gasteiger partial charge in [0.25, 0.3) is 0 Å². The molecule has 1 aromatic rings. The maximum absolute atomic E-state index is 12.7. The van der Waals surface area contributed by atoms with Crippen LogP contribution in [0.2, 0.25) is 0 Å². The van der Waals surface area contributed by atoms with Crippen LogP contribution >= 0.6 is 0 Å². The molecule has 1 aliphatic carbocycles. The molecule has 0 aromatic carbocycles. The molecule has 1 aromatic heterocycles. The summed E-state index contributed by atoms with van der Waals surface area (Å²) in [4.78, 5) is 6.59. The number of morpholine rings is 1. The molecule has 8 heteroatoms. The zero-order chi connectivity index (χ0) is 18.0. The van der Waals surface area contributed by atoms with Crippen molar-refractivity contribution in [3.05, 3.63) is 11.9 Å². The highest BCUT2D eigenvalue weighted by Crippen LogP contribution is 2.32. The first kappa shape index (κ1) is 18.8. The van der Waals surface area contributed by atoms with Crippen LogP contribution in [-0.2, 0) is 32.4 Å². The smallest absolute Gasteiger partial charge is 0.227 e. The van der Waals surface area contributed by atoms with Crippen molar-refractivity contribution in [1.82, 2.24) is 14.5 Å². The number of rotatable bonds is 8. The lowest BCUT2D eigenvalue weighted by molar-refractivity contribution is -0.0710. The van der Waals surface area contributed by atoms with E-state index in [0.29, 0.717) is 25.6 Å². The van der Waals surface area contributed by atoms with Gasteiger partial charge in [0.05, 0.1) is 36.5 Å². The zero-order valence-electron chi connectivity index (χ0n) is 15.3. The Morgan fingerprint density at radius 1 is 1.28 bits per heavy atom. The maximum Gasteiger partial charge on any atom is 0.227 e. The van der Waals surface area contributed by atoms with Gasteiger partial charge in [0.1, 0.15) is 0 Å². The standard InChI is InChI=1S/C17H29N3O4S/c1-13-9-19(10-14(2)24-13)11-16-8-18-17(20(16)6-7-23-3)25(21,22)12-15-4-5-15/h8,13-15H,4-7,9-12H2,1-3H3/t13-,14+. The van der Waals surface area contributed by atoms with Crippen molar-refractivity contribution < 1.29 is 17.9 Å². The van der Waals surface area contributed by atoms with E-state index < -0.39 is 9.84 Å². The Morgan fingerprint density at radius 2 is 1.96 bits per heavy atom. The van der Waals surface area contributed by atoms with Gasteiger partial charge in [0.2, 0.25) is 15.0 Å². The van der Waals surface area contributed by atoms with Gasteiger partial charge in [0, 0.05) is 33.3 Å². The zero-order valence-corrected chi connectivity index (χ0v) is 16.2. The summed E-state index contributed by atoms with van der Waals surface area (Å²) in [5, 5.41) is 0.195. The molecule has 25 heavy (non-hydrogen) atoms. The molecular formula is C17H29N3O4S. The fraction of sp³-hybridized carbons (Fsp3) is 0.824. The minimum atomic E-state index is -3.35. The lowest BCUT2D eigenvalue weighted by Gasteiger charge is -2.35. The third-order valence-electron chi connectivity index (χ3n) is 4.73. The summed E-state index contributed by atoms with van der Waals surface area (Å²) in [7, 11) is -1.72. The number of methoxy groups -OCH3 is 1. The first-order valence-electron chi connectivity index (χ1n) is 9.03. The van der Waals surface area contributed by atoms with E-state index in [1.54, 1.807) is 13.3 Å². The Morgan fingerprint density at radius 3 is 2.56 bits per heavy atom. The average molecular weight is 372 g/mol. The lowest BCUT2D eigenvalue weighted by atomic mass is 10.2. The molecular weight excluding hydrogens is 342 g/mol. The largest absolute Gasteiger partial charge is 0.383 e. The highest BCUT2D eigenvalue weighted by atomic mass is 32.2. The van der Waals surface area contributed by atoms with Crippen LogP contribution in [0.4, 0.5) is 0 Å². The van der Waals surface area contributed by atoms with E-state index in [0.717, 1.165) is 31.6 Å². The average Bonchev–Trinajstić information content (AvgIpc) is 3.22. The van der Waals surface area contributed by atoms with Crippen molar-refractivity contribution in [1.29, 1.82) is 0 Å². The normalized spacial score (nSPS) is 25.4. The molecule has 2 aliphatic rings. The van der Waals surface area contributed by atoms with Gasteiger partial charge in [-0.25, -0.2) is 13.4 Å². The van der Waals surface area contributed by atoms with E-state index >= 15 is 0 Å². The second-order valence-corrected chi connectivity index (χ2v) is 9.28. The molecule has 7 nitrogen and oxygen atoms in total. The highest BCUT2D eigenvalue weighted by Gasteiger charge is 2.33. The number of hydrogen-bond acceptors (Lipinski definition) is 6. The first-order valence-corrected chi connectivity index (χ1v) is 10.7. The first-order chi connectivity index (χ1) is 11.9. The molecule has 0 radical (unpaired) electrons. The molecule has 0 spiro atoms. The fourth-order valence-electron chi connectivity index (χ4n) is 3.50. The summed E-state index contributed by atoms with van der Waals surface area (Å²) in [5.74, 6) is 0.518. The molecule has 2 fully saturated rings. The minimum absolute atomic E-state index is 0.178. The molecule has 0 bridgehead atoms. The van der Waals surface area contributed by atoms with Gasteiger partial charge < -0.3 is 14.0 Å². The molecule has 1 saturated heterocycles. The molecule has 1 aliphatic heterocycles. The van der Waals surface area contributed by atoms with Gasteiger partial charge in [-0.1, -0.05) is 0 Å². The van der Waals surface area contributed by atoms with E-state index in [1.807, 2.05) is 4.57 Å². The van der Waals surface area contributed by atoms with Crippen molar-refractivity contribution >= 4 is 9.84 Å². The van der Waals surface area contributed by atoms with Crippen molar-refractivity contribution in [2.75, 3.05) is 32.6 Å². The molecule has 1 saturated carbocycles. The third kappa shape index (κ3) is 4.81. The summed E-state index contributed by atoms with van der Waals surface area (Å²) < 4.78 is 38.2. The van der Waals surface area contributed by atoms with Gasteiger partial charge in [-0.15, -0.1) is 0 Å². The van der Waals surface area contributed by atoms with Crippen LogP contribution in [0.1, 0.15) is 32.4 Å². The van der Waals surface area contributed by atoms with Crippen LogP contribution in [0.3, 0.4) is 0 Å². The van der Waals surface area contributed by atoms with Crippen LogP contribution in [0.5, 0.6) is 0 Å². The summed E-state index contributed by atoms with van der Waals surface area (Å²) in [6.45, 7) is 7.44. The second kappa shape index (κ2) is 7.73. The molecule has 0 amide bonds. The van der Waals surface area contributed by atoms with E-state index in [9.17, 15) is 8.42 Å². The summed E-state index contributed by atoms with van der Waals surface area (Å²) >= 11 is 0. The van der Waals surface area contributed by atoms with E-state index in [2.05, 4.69) is 23.7 Å². The molecule has 3 rings (SSSR count). The SMILES string of the molecule is COCCn1c(CN2C[C@@H](C)O[C@@H](C)C2)cnc1S(=O)(=O)CC1CC1. The fourth-order valence-corrected chi connectivity index (χ4v) is 5.36. The van der Waals surface area contributed by atoms with Crippen LogP contribution in [0.15, 0.2) is 11.4 Å². The van der Waals surface area contributed by atoms with Gasteiger partial charge >= 0.3 is 0 Å². The Bertz CT molecular complexity index is 674. The molecule has 0 N–H and O–H groups in total. The van der Waals surface area contributed by atoms with Crippen LogP contribution in [0, 0.1) is 5.92 Å². The van der Waals surface area contributed by atoms with Crippen LogP contribution < -0.4 is 0 Å². The summed E-state index contributed by atoms with van der Waals surface area (Å²) in [5.41, 5.74) is 0.924. The monoisotopic (exact) mass is 371 g/mol. The second-order valence-electron chi connectivity index (χ2n) is 7.35. The summed E-state index contributed by atoms with van der Waals surface area (Å²) in [6, 6.07) is 0. The Balaban J connectivity index is 1.80. The van der Waals surface area contributed by atoms with Crippen molar-refractivity contribution in [3.8, 4) is 0 Å². The van der Waals surface area contributed by atoms with Crippen LogP contribution in [-0.4, -0.2) is 67.6 Å². The third-order valence-corrected chi connectivity index (χ3v) is 6.52. The Kier molecular flexibility index (Phi) is 5.82. The molecule has 142 valence electrons. The Labute approximate surface area is 150 Å². The number of aromatic nitrogens is 2. The quantitative estimate of drug-likeness (QED) is 0.686. The van der Waals surface area contributed by atoms with Crippen molar-refractivity contribution in [2.45, 2.75) is 57.1 Å². The van der Waals surface area contributed by atoms with Gasteiger partial charge in [-0.05, 0) is 32.6 Å². The van der Waals surface area contributed by atoms with Gasteiger partial charge in [0.15, 0.2) is 0 Å². The summed E-state index contributed by atoms with van der Waals surface area (Å²) in [6.07, 6.45) is 4.08. The topological polar surface area (TPSA) is 73.7 Å². The van der Waals surface area contributed by atoms with Gasteiger partial charge in [-0.3, -0.25) is 4.90 Å². The van der Waals surface area contributed by atoms with Crippen molar-refractivity contribution in [2.24, 2.45) is 5.92 Å². The Hall–Kier alpha value is -0.960. The highest BCUT2D eigenvalue weighted by molar-refractivity contribution is 7.91. The molecule has 2 atom stereocenters. The number of imidazole rings is 1. The predicted octanol–water partition coefficient (Wildman–Crippen LogP) is 1.32. The van der Waals surface area contributed by atoms with Gasteiger partial charge in [-0.2, -0.15) is 0 Å². The lowest BCUT2D eigenvalue weighted by Crippen LogP contribution is -2.45. The molecule has 0 unspecified atom stereocenters. The molecule has 2 heterocycles. The van der Waals surface area contributed by atoms with E-state index in [4.69, 9.17) is 9.47 Å². The van der Waals surface area contributed by atoms with E-state index in [-0.39, 0.29) is 23.1 Å². The van der Waals surface area contributed by atoms with Crippen LogP contribution in [0.25, 0.3) is 0 Å². The predicted molar refractivity (Wildman–Crippen MR) is 94.2 cm³/mol. The van der Waals surface area contributed by atoms with E-state index in [1.165, 1.54) is 0 Å². The minimum Gasteiger partial charge on any atom is -0.383 e. The van der Waals surface area contributed by atoms with Crippen molar-refractivity contribution in [3.63, 3.8) is 0 Å². The number of hydrogen-bond donors (Lipinski definition) is 0. The number of sulfone groups is 1. The number of nitrogens with zero attached hydrogens (tertiary/aromatic N) is 3. The number of ether oxygens (including phenoxy) is 2. The maximum atomic E-state index is 12.7.